The highest BCUT2D eigenvalue weighted by Gasteiger charge is 2.14. The third-order valence-electron chi connectivity index (χ3n) is 3.99. The van der Waals surface area contributed by atoms with Crippen LogP contribution < -0.4 is 0 Å². The van der Waals surface area contributed by atoms with Crippen molar-refractivity contribution in [2.45, 2.75) is 86.5 Å². The predicted molar refractivity (Wildman–Crippen MR) is 75.8 cm³/mol. The Morgan fingerprint density at radius 3 is 1.94 bits per heavy atom. The monoisotopic (exact) mass is 226 g/mol. The zero-order chi connectivity index (χ0) is 12.6. The molecular weight excluding hydrogens is 192 g/mol. The van der Waals surface area contributed by atoms with Crippen LogP contribution in [0.25, 0.3) is 0 Å². The lowest BCUT2D eigenvalue weighted by Crippen LogP contribution is -2.09. The van der Waals surface area contributed by atoms with Crippen molar-refractivity contribution in [1.29, 1.82) is 0 Å². The van der Waals surface area contributed by atoms with E-state index in [9.17, 15) is 0 Å². The number of hydrogen-bond donors (Lipinski definition) is 0. The van der Waals surface area contributed by atoms with Gasteiger partial charge in [-0.25, -0.2) is 0 Å². The fraction of sp³-hybridized carbons (Fsp3) is 1.00. The molecule has 0 nitrogen and oxygen atoms in total. The molecule has 0 bridgehead atoms. The van der Waals surface area contributed by atoms with Gasteiger partial charge < -0.3 is 0 Å². The highest BCUT2D eigenvalue weighted by molar-refractivity contribution is 4.67. The Labute approximate surface area is 104 Å². The highest BCUT2D eigenvalue weighted by Crippen LogP contribution is 2.28. The normalized spacial score (nSPS) is 14.4. The van der Waals surface area contributed by atoms with Crippen molar-refractivity contribution in [2.24, 2.45) is 17.3 Å². The van der Waals surface area contributed by atoms with Gasteiger partial charge in [-0.15, -0.1) is 0 Å². The Balaban J connectivity index is 3.47. The summed E-state index contributed by atoms with van der Waals surface area (Å²) < 4.78 is 0. The number of rotatable bonds is 9. The summed E-state index contributed by atoms with van der Waals surface area (Å²) in [5.74, 6) is 1.82. The van der Waals surface area contributed by atoms with Gasteiger partial charge in [0.05, 0.1) is 0 Å². The molecule has 0 aromatic heterocycles. The molecule has 0 radical (unpaired) electrons. The molecule has 98 valence electrons. The van der Waals surface area contributed by atoms with Gasteiger partial charge >= 0.3 is 0 Å². The molecule has 0 fully saturated rings. The second-order valence-electron chi connectivity index (χ2n) is 6.84. The van der Waals surface area contributed by atoms with E-state index in [1.54, 1.807) is 0 Å². The van der Waals surface area contributed by atoms with E-state index in [1.165, 1.54) is 44.9 Å². The molecule has 0 N–H and O–H groups in total. The van der Waals surface area contributed by atoms with Crippen LogP contribution >= 0.6 is 0 Å². The molecule has 0 aliphatic carbocycles. The standard InChI is InChI=1S/C16H34/c1-7-16(5,6)13-9-12-15(4)11-8-10-14(2)3/h14-15H,7-13H2,1-6H3. The zero-order valence-corrected chi connectivity index (χ0v) is 12.6. The van der Waals surface area contributed by atoms with E-state index in [4.69, 9.17) is 0 Å². The molecule has 0 saturated carbocycles. The van der Waals surface area contributed by atoms with Crippen molar-refractivity contribution in [3.05, 3.63) is 0 Å². The summed E-state index contributed by atoms with van der Waals surface area (Å²) >= 11 is 0. The fourth-order valence-electron chi connectivity index (χ4n) is 2.12. The molecule has 1 unspecified atom stereocenters. The van der Waals surface area contributed by atoms with Crippen LogP contribution in [0, 0.1) is 17.3 Å². The number of hydrogen-bond acceptors (Lipinski definition) is 0. The maximum atomic E-state index is 2.43. The van der Waals surface area contributed by atoms with E-state index in [0.29, 0.717) is 5.41 Å². The van der Waals surface area contributed by atoms with Crippen molar-refractivity contribution in [1.82, 2.24) is 0 Å². The Hall–Kier alpha value is 0. The Kier molecular flexibility index (Phi) is 8.14. The SMILES string of the molecule is CCC(C)(C)CCCC(C)CCCC(C)C. The van der Waals surface area contributed by atoms with E-state index in [2.05, 4.69) is 41.5 Å². The third kappa shape index (κ3) is 9.24. The largest absolute Gasteiger partial charge is 0.0649 e. The first-order valence-electron chi connectivity index (χ1n) is 7.37. The van der Waals surface area contributed by atoms with Crippen LogP contribution in [0.15, 0.2) is 0 Å². The summed E-state index contributed by atoms with van der Waals surface area (Å²) in [5.41, 5.74) is 0.567. The molecule has 0 rings (SSSR count). The van der Waals surface area contributed by atoms with Crippen LogP contribution in [0.5, 0.6) is 0 Å². The van der Waals surface area contributed by atoms with Crippen molar-refractivity contribution >= 4 is 0 Å². The summed E-state index contributed by atoms with van der Waals surface area (Å²) in [7, 11) is 0. The van der Waals surface area contributed by atoms with Crippen molar-refractivity contribution in [3.8, 4) is 0 Å². The average molecular weight is 226 g/mol. The predicted octanol–water partition coefficient (Wildman–Crippen LogP) is 6.06. The fourth-order valence-corrected chi connectivity index (χ4v) is 2.12. The van der Waals surface area contributed by atoms with E-state index < -0.39 is 0 Å². The first-order chi connectivity index (χ1) is 7.37. The maximum Gasteiger partial charge on any atom is -0.0357 e. The average Bonchev–Trinajstić information content (AvgIpc) is 2.17. The summed E-state index contributed by atoms with van der Waals surface area (Å²) in [6.45, 7) is 14.2. The lowest BCUT2D eigenvalue weighted by atomic mass is 9.83. The first kappa shape index (κ1) is 16.0. The van der Waals surface area contributed by atoms with Gasteiger partial charge in [-0.1, -0.05) is 80.1 Å². The van der Waals surface area contributed by atoms with Gasteiger partial charge in [-0.05, 0) is 23.7 Å². The minimum Gasteiger partial charge on any atom is -0.0649 e. The lowest BCUT2D eigenvalue weighted by Gasteiger charge is -2.23. The second-order valence-corrected chi connectivity index (χ2v) is 6.84. The van der Waals surface area contributed by atoms with E-state index in [-0.39, 0.29) is 0 Å². The zero-order valence-electron chi connectivity index (χ0n) is 12.6. The summed E-state index contributed by atoms with van der Waals surface area (Å²) in [6, 6.07) is 0. The molecule has 0 heterocycles. The van der Waals surface area contributed by atoms with Gasteiger partial charge in [0.25, 0.3) is 0 Å². The molecule has 0 heteroatoms. The third-order valence-corrected chi connectivity index (χ3v) is 3.99. The van der Waals surface area contributed by atoms with E-state index in [0.717, 1.165) is 11.8 Å². The van der Waals surface area contributed by atoms with Gasteiger partial charge in [-0.2, -0.15) is 0 Å². The summed E-state index contributed by atoms with van der Waals surface area (Å²) in [5, 5.41) is 0. The van der Waals surface area contributed by atoms with Crippen molar-refractivity contribution < 1.29 is 0 Å². The topological polar surface area (TPSA) is 0 Å². The highest BCUT2D eigenvalue weighted by atomic mass is 14.2. The molecular formula is C16H34. The van der Waals surface area contributed by atoms with Crippen LogP contribution in [0.3, 0.4) is 0 Å². The van der Waals surface area contributed by atoms with Gasteiger partial charge in [0.1, 0.15) is 0 Å². The molecule has 0 aliphatic rings. The van der Waals surface area contributed by atoms with Crippen LogP contribution in [-0.4, -0.2) is 0 Å². The van der Waals surface area contributed by atoms with Crippen LogP contribution in [-0.2, 0) is 0 Å². The Morgan fingerprint density at radius 1 is 0.875 bits per heavy atom. The van der Waals surface area contributed by atoms with Gasteiger partial charge in [0, 0.05) is 0 Å². The van der Waals surface area contributed by atoms with Gasteiger partial charge in [-0.3, -0.25) is 0 Å². The molecule has 0 aliphatic heterocycles. The Bertz CT molecular complexity index is 155. The smallest absolute Gasteiger partial charge is 0.0357 e. The summed E-state index contributed by atoms with van der Waals surface area (Å²) in [4.78, 5) is 0. The van der Waals surface area contributed by atoms with Gasteiger partial charge in [0.2, 0.25) is 0 Å². The minimum atomic E-state index is 0.567. The molecule has 0 saturated heterocycles. The van der Waals surface area contributed by atoms with Crippen molar-refractivity contribution in [3.63, 3.8) is 0 Å². The lowest BCUT2D eigenvalue weighted by molar-refractivity contribution is 0.294. The molecule has 0 spiro atoms. The molecule has 0 amide bonds. The molecule has 16 heavy (non-hydrogen) atoms. The molecule has 0 aromatic carbocycles. The summed E-state index contributed by atoms with van der Waals surface area (Å²) in [6.07, 6.45) is 9.84. The first-order valence-corrected chi connectivity index (χ1v) is 7.37. The van der Waals surface area contributed by atoms with Crippen LogP contribution in [0.2, 0.25) is 0 Å². The molecule has 1 atom stereocenters. The van der Waals surface area contributed by atoms with E-state index in [1.807, 2.05) is 0 Å². The van der Waals surface area contributed by atoms with Crippen LogP contribution in [0.1, 0.15) is 86.5 Å². The maximum absolute atomic E-state index is 2.43. The van der Waals surface area contributed by atoms with Gasteiger partial charge in [0.15, 0.2) is 0 Å². The molecule has 0 aromatic rings. The minimum absolute atomic E-state index is 0.567. The van der Waals surface area contributed by atoms with Crippen LogP contribution in [0.4, 0.5) is 0 Å². The quantitative estimate of drug-likeness (QED) is 0.448. The van der Waals surface area contributed by atoms with E-state index >= 15 is 0 Å². The van der Waals surface area contributed by atoms with Crippen molar-refractivity contribution in [2.75, 3.05) is 0 Å². The Morgan fingerprint density at radius 2 is 1.44 bits per heavy atom. The second kappa shape index (κ2) is 8.14.